The molecule has 0 saturated heterocycles. The van der Waals surface area contributed by atoms with Crippen LogP contribution < -0.4 is 19.5 Å². The van der Waals surface area contributed by atoms with E-state index in [2.05, 4.69) is 5.32 Å². The topological polar surface area (TPSA) is 56.8 Å². The summed E-state index contributed by atoms with van der Waals surface area (Å²) in [5, 5.41) is 3.49. The largest absolute Gasteiger partial charge is 0.490 e. The number of halogens is 1. The zero-order chi connectivity index (χ0) is 20.5. The summed E-state index contributed by atoms with van der Waals surface area (Å²) >= 11 is 6.14. The van der Waals surface area contributed by atoms with Crippen molar-refractivity contribution >= 4 is 17.5 Å². The zero-order valence-electron chi connectivity index (χ0n) is 16.8. The van der Waals surface area contributed by atoms with Crippen molar-refractivity contribution in [1.82, 2.24) is 5.32 Å². The lowest BCUT2D eigenvalue weighted by Gasteiger charge is -2.22. The van der Waals surface area contributed by atoms with Gasteiger partial charge in [0.2, 0.25) is 0 Å². The van der Waals surface area contributed by atoms with Crippen LogP contribution >= 0.6 is 11.6 Å². The highest BCUT2D eigenvalue weighted by molar-refractivity contribution is 6.32. The predicted octanol–water partition coefficient (Wildman–Crippen LogP) is 5.17. The zero-order valence-corrected chi connectivity index (χ0v) is 17.6. The molecule has 0 aromatic heterocycles. The second-order valence-corrected chi connectivity index (χ2v) is 6.65. The van der Waals surface area contributed by atoms with Gasteiger partial charge in [0.1, 0.15) is 5.75 Å². The quantitative estimate of drug-likeness (QED) is 0.592. The Kier molecular flexibility index (Phi) is 8.45. The molecule has 0 spiro atoms. The van der Waals surface area contributed by atoms with Crippen molar-refractivity contribution in [2.45, 2.75) is 46.3 Å². The van der Waals surface area contributed by atoms with Crippen molar-refractivity contribution < 1.29 is 19.0 Å². The fraction of sp³-hybridized carbons (Fsp3) is 0.409. The molecule has 0 fully saturated rings. The maximum atomic E-state index is 12.7. The molecule has 0 aliphatic rings. The number of hydrogen-bond donors (Lipinski definition) is 1. The summed E-state index contributed by atoms with van der Waals surface area (Å²) in [5.74, 6) is 1.67. The number of amides is 1. The van der Waals surface area contributed by atoms with Gasteiger partial charge in [0.15, 0.2) is 17.6 Å². The van der Waals surface area contributed by atoms with Crippen molar-refractivity contribution in [3.63, 3.8) is 0 Å². The molecule has 0 aliphatic carbocycles. The third-order valence-electron chi connectivity index (χ3n) is 4.20. The van der Waals surface area contributed by atoms with Crippen molar-refractivity contribution in [2.75, 3.05) is 13.2 Å². The first-order valence-electron chi connectivity index (χ1n) is 9.61. The summed E-state index contributed by atoms with van der Waals surface area (Å²) in [6.45, 7) is 8.76. The molecule has 1 N–H and O–H groups in total. The molecule has 1 amide bonds. The van der Waals surface area contributed by atoms with E-state index >= 15 is 0 Å². The van der Waals surface area contributed by atoms with E-state index in [-0.39, 0.29) is 11.9 Å². The van der Waals surface area contributed by atoms with Crippen LogP contribution in [0.25, 0.3) is 0 Å². The molecule has 152 valence electrons. The standard InChI is InChI=1S/C22H28ClNO4/c1-5-18(28-19-11-9-8-10-17(19)23)22(25)24-15(4)16-12-13-20(26-6-2)21(14-16)27-7-3/h8-15,18H,5-7H2,1-4H3,(H,24,25)/t15-,18-/m1/s1. The number of para-hydroxylation sites is 1. The highest BCUT2D eigenvalue weighted by atomic mass is 35.5. The van der Waals surface area contributed by atoms with E-state index in [1.165, 1.54) is 0 Å². The van der Waals surface area contributed by atoms with Gasteiger partial charge in [0, 0.05) is 0 Å². The molecule has 2 atom stereocenters. The van der Waals surface area contributed by atoms with Crippen LogP contribution in [0.3, 0.4) is 0 Å². The summed E-state index contributed by atoms with van der Waals surface area (Å²) in [7, 11) is 0. The number of carbonyl (C=O) groups excluding carboxylic acids is 1. The molecule has 0 heterocycles. The minimum Gasteiger partial charge on any atom is -0.490 e. The van der Waals surface area contributed by atoms with Crippen LogP contribution in [-0.4, -0.2) is 25.2 Å². The molecular weight excluding hydrogens is 378 g/mol. The Bertz CT molecular complexity index is 781. The molecule has 0 unspecified atom stereocenters. The van der Waals surface area contributed by atoms with Crippen LogP contribution in [-0.2, 0) is 4.79 Å². The van der Waals surface area contributed by atoms with E-state index in [1.54, 1.807) is 12.1 Å². The number of benzene rings is 2. The maximum absolute atomic E-state index is 12.7. The number of carbonyl (C=O) groups is 1. The Balaban J connectivity index is 2.09. The van der Waals surface area contributed by atoms with Crippen molar-refractivity contribution in [2.24, 2.45) is 0 Å². The molecule has 5 nitrogen and oxygen atoms in total. The van der Waals surface area contributed by atoms with Crippen LogP contribution in [0.15, 0.2) is 42.5 Å². The summed E-state index contributed by atoms with van der Waals surface area (Å²) in [6, 6.07) is 12.6. The monoisotopic (exact) mass is 405 g/mol. The van der Waals surface area contributed by atoms with Gasteiger partial charge in [-0.15, -0.1) is 0 Å². The Morgan fingerprint density at radius 2 is 1.68 bits per heavy atom. The molecule has 0 radical (unpaired) electrons. The maximum Gasteiger partial charge on any atom is 0.261 e. The molecule has 6 heteroatoms. The average molecular weight is 406 g/mol. The van der Waals surface area contributed by atoms with Crippen molar-refractivity contribution in [3.05, 3.63) is 53.1 Å². The van der Waals surface area contributed by atoms with Gasteiger partial charge in [-0.3, -0.25) is 4.79 Å². The number of rotatable bonds is 10. The Hall–Kier alpha value is -2.40. The fourth-order valence-corrected chi connectivity index (χ4v) is 2.92. The van der Waals surface area contributed by atoms with Gasteiger partial charge in [-0.1, -0.05) is 36.7 Å². The minimum atomic E-state index is -0.628. The van der Waals surface area contributed by atoms with E-state index in [9.17, 15) is 4.79 Å². The number of ether oxygens (including phenoxy) is 3. The normalized spacial score (nSPS) is 12.8. The summed E-state index contributed by atoms with van der Waals surface area (Å²) < 4.78 is 17.1. The Labute approximate surface area is 171 Å². The van der Waals surface area contributed by atoms with Gasteiger partial charge in [-0.2, -0.15) is 0 Å². The molecule has 2 aromatic carbocycles. The lowest BCUT2D eigenvalue weighted by molar-refractivity contribution is -0.128. The predicted molar refractivity (Wildman–Crippen MR) is 111 cm³/mol. The molecule has 0 saturated carbocycles. The molecule has 0 bridgehead atoms. The lowest BCUT2D eigenvalue weighted by atomic mass is 10.1. The van der Waals surface area contributed by atoms with E-state index in [1.807, 2.05) is 58.0 Å². The molecule has 2 aromatic rings. The van der Waals surface area contributed by atoms with Crippen LogP contribution in [0.5, 0.6) is 17.2 Å². The molecular formula is C22H28ClNO4. The molecule has 28 heavy (non-hydrogen) atoms. The molecule has 0 aliphatic heterocycles. The van der Waals surface area contributed by atoms with Crippen molar-refractivity contribution in [1.29, 1.82) is 0 Å². The third-order valence-corrected chi connectivity index (χ3v) is 4.51. The first-order valence-corrected chi connectivity index (χ1v) is 9.98. The average Bonchev–Trinajstić information content (AvgIpc) is 2.68. The SMILES string of the molecule is CCOc1ccc([C@@H](C)NC(=O)[C@@H](CC)Oc2ccccc2Cl)cc1OCC. The minimum absolute atomic E-state index is 0.193. The van der Waals surface area contributed by atoms with E-state index in [4.69, 9.17) is 25.8 Å². The first kappa shape index (κ1) is 21.9. The molecule has 2 rings (SSSR count). The van der Waals surface area contributed by atoms with Crippen molar-refractivity contribution in [3.8, 4) is 17.2 Å². The summed E-state index contributed by atoms with van der Waals surface area (Å²) in [6.07, 6.45) is -0.103. The third kappa shape index (κ3) is 5.80. The summed E-state index contributed by atoms with van der Waals surface area (Å²) in [5.41, 5.74) is 0.924. The Morgan fingerprint density at radius 3 is 2.32 bits per heavy atom. The van der Waals surface area contributed by atoms with Gasteiger partial charge in [-0.25, -0.2) is 0 Å². The van der Waals surface area contributed by atoms with Crippen LogP contribution in [0.4, 0.5) is 0 Å². The summed E-state index contributed by atoms with van der Waals surface area (Å²) in [4.78, 5) is 12.7. The first-order chi connectivity index (χ1) is 13.5. The van der Waals surface area contributed by atoms with Gasteiger partial charge in [0.25, 0.3) is 5.91 Å². The van der Waals surface area contributed by atoms with Gasteiger partial charge < -0.3 is 19.5 Å². The smallest absolute Gasteiger partial charge is 0.261 e. The number of hydrogen-bond acceptors (Lipinski definition) is 4. The number of nitrogens with one attached hydrogen (secondary N) is 1. The van der Waals surface area contributed by atoms with E-state index < -0.39 is 6.10 Å². The highest BCUT2D eigenvalue weighted by Crippen LogP contribution is 2.31. The second-order valence-electron chi connectivity index (χ2n) is 6.25. The van der Waals surface area contributed by atoms with Gasteiger partial charge >= 0.3 is 0 Å². The van der Waals surface area contributed by atoms with E-state index in [0.29, 0.717) is 41.9 Å². The Morgan fingerprint density at radius 1 is 1.00 bits per heavy atom. The highest BCUT2D eigenvalue weighted by Gasteiger charge is 2.22. The van der Waals surface area contributed by atoms with Crippen LogP contribution in [0.2, 0.25) is 5.02 Å². The fourth-order valence-electron chi connectivity index (χ4n) is 2.74. The van der Waals surface area contributed by atoms with Gasteiger partial charge in [-0.05, 0) is 57.0 Å². The van der Waals surface area contributed by atoms with Crippen LogP contribution in [0.1, 0.15) is 45.7 Å². The van der Waals surface area contributed by atoms with Gasteiger partial charge in [0.05, 0.1) is 24.3 Å². The second kappa shape index (κ2) is 10.8. The van der Waals surface area contributed by atoms with E-state index in [0.717, 1.165) is 5.56 Å². The van der Waals surface area contributed by atoms with Crippen LogP contribution in [0, 0.1) is 0 Å². The lowest BCUT2D eigenvalue weighted by Crippen LogP contribution is -2.39.